The third-order valence-corrected chi connectivity index (χ3v) is 3.11. The van der Waals surface area contributed by atoms with Gasteiger partial charge in [-0.15, -0.1) is 0 Å². The van der Waals surface area contributed by atoms with Gasteiger partial charge in [0.15, 0.2) is 0 Å². The molecule has 1 unspecified atom stereocenters. The molecular formula is C14H27FO3. The topological polar surface area (TPSA) is 57.5 Å². The Morgan fingerprint density at radius 1 is 0.889 bits per heavy atom. The molecule has 0 aromatic carbocycles. The number of alkyl halides is 1. The first kappa shape index (κ1) is 17.4. The van der Waals surface area contributed by atoms with Gasteiger partial charge in [-0.3, -0.25) is 4.79 Å². The number of hydrogen-bond donors (Lipinski definition) is 2. The van der Waals surface area contributed by atoms with Gasteiger partial charge >= 0.3 is 5.97 Å². The molecule has 2 N–H and O–H groups in total. The van der Waals surface area contributed by atoms with Crippen molar-refractivity contribution in [3.8, 4) is 0 Å². The zero-order chi connectivity index (χ0) is 13.6. The van der Waals surface area contributed by atoms with Crippen LogP contribution in [0.1, 0.15) is 70.6 Å². The van der Waals surface area contributed by atoms with E-state index in [1.54, 1.807) is 0 Å². The van der Waals surface area contributed by atoms with Crippen LogP contribution in [0.4, 0.5) is 4.39 Å². The van der Waals surface area contributed by atoms with Gasteiger partial charge in [-0.2, -0.15) is 0 Å². The number of unbranched alkanes of at least 4 members (excludes halogenated alkanes) is 8. The highest BCUT2D eigenvalue weighted by Gasteiger charge is 2.01. The van der Waals surface area contributed by atoms with E-state index in [4.69, 9.17) is 10.2 Å². The molecule has 0 aliphatic heterocycles. The summed E-state index contributed by atoms with van der Waals surface area (Å²) in [5.74, 6) is -0.703. The van der Waals surface area contributed by atoms with Crippen LogP contribution in [0.2, 0.25) is 0 Å². The van der Waals surface area contributed by atoms with Crippen molar-refractivity contribution in [1.29, 1.82) is 0 Å². The van der Waals surface area contributed by atoms with E-state index in [9.17, 15) is 9.18 Å². The summed E-state index contributed by atoms with van der Waals surface area (Å²) in [5, 5.41) is 17.5. The third kappa shape index (κ3) is 13.4. The van der Waals surface area contributed by atoms with Crippen molar-refractivity contribution in [3.05, 3.63) is 0 Å². The van der Waals surface area contributed by atoms with Gasteiger partial charge in [-0.1, -0.05) is 51.4 Å². The molecule has 0 spiro atoms. The zero-order valence-electron chi connectivity index (χ0n) is 11.2. The largest absolute Gasteiger partial charge is 0.481 e. The van der Waals surface area contributed by atoms with Crippen LogP contribution in [-0.4, -0.2) is 29.0 Å². The number of rotatable bonds is 13. The second kappa shape index (κ2) is 12.8. The van der Waals surface area contributed by atoms with Crippen LogP contribution in [0, 0.1) is 0 Å². The molecule has 4 heteroatoms. The molecule has 0 saturated carbocycles. The fraction of sp³-hybridized carbons (Fsp3) is 0.929. The predicted molar refractivity (Wildman–Crippen MR) is 70.4 cm³/mol. The molecule has 108 valence electrons. The van der Waals surface area contributed by atoms with Gasteiger partial charge in [0.05, 0.1) is 6.10 Å². The van der Waals surface area contributed by atoms with Crippen molar-refractivity contribution in [2.24, 2.45) is 0 Å². The van der Waals surface area contributed by atoms with E-state index >= 15 is 0 Å². The SMILES string of the molecule is O=C(O)CCCCCCCCCCCC(O)CF. The van der Waals surface area contributed by atoms with Gasteiger partial charge in [0.25, 0.3) is 0 Å². The Hall–Kier alpha value is -0.640. The molecule has 0 radical (unpaired) electrons. The summed E-state index contributed by atoms with van der Waals surface area (Å²) >= 11 is 0. The molecule has 0 saturated heterocycles. The summed E-state index contributed by atoms with van der Waals surface area (Å²) in [6.07, 6.45) is 9.69. The minimum atomic E-state index is -0.765. The van der Waals surface area contributed by atoms with E-state index in [2.05, 4.69) is 0 Å². The van der Waals surface area contributed by atoms with E-state index in [0.29, 0.717) is 6.42 Å². The quantitative estimate of drug-likeness (QED) is 0.498. The van der Waals surface area contributed by atoms with Crippen LogP contribution in [0.5, 0.6) is 0 Å². The molecule has 0 aromatic rings. The van der Waals surface area contributed by atoms with Crippen LogP contribution < -0.4 is 0 Å². The first-order valence-electron chi connectivity index (χ1n) is 7.12. The molecular weight excluding hydrogens is 235 g/mol. The number of carboxylic acid groups (broad SMARTS) is 1. The molecule has 3 nitrogen and oxygen atoms in total. The molecule has 18 heavy (non-hydrogen) atoms. The first-order valence-corrected chi connectivity index (χ1v) is 7.12. The van der Waals surface area contributed by atoms with Crippen LogP contribution in [0.25, 0.3) is 0 Å². The maximum Gasteiger partial charge on any atom is 0.303 e. The van der Waals surface area contributed by atoms with E-state index < -0.39 is 18.7 Å². The number of hydrogen-bond acceptors (Lipinski definition) is 2. The lowest BCUT2D eigenvalue weighted by Crippen LogP contribution is -2.07. The number of aliphatic carboxylic acids is 1. The van der Waals surface area contributed by atoms with Gasteiger partial charge in [-0.05, 0) is 12.8 Å². The Bertz CT molecular complexity index is 197. The van der Waals surface area contributed by atoms with E-state index in [-0.39, 0.29) is 6.42 Å². The summed E-state index contributed by atoms with van der Waals surface area (Å²) in [6.45, 7) is -0.629. The van der Waals surface area contributed by atoms with Crippen molar-refractivity contribution in [1.82, 2.24) is 0 Å². The smallest absolute Gasteiger partial charge is 0.303 e. The summed E-state index contributed by atoms with van der Waals surface area (Å²) in [6, 6.07) is 0. The minimum absolute atomic E-state index is 0.289. The molecule has 0 aromatic heterocycles. The van der Waals surface area contributed by atoms with Gasteiger partial charge in [0.2, 0.25) is 0 Å². The van der Waals surface area contributed by atoms with Crippen LogP contribution in [0.15, 0.2) is 0 Å². The highest BCUT2D eigenvalue weighted by atomic mass is 19.1. The molecule has 0 aliphatic rings. The lowest BCUT2D eigenvalue weighted by molar-refractivity contribution is -0.137. The number of aliphatic hydroxyl groups excluding tert-OH is 1. The number of halogens is 1. The number of aliphatic hydroxyl groups is 1. The number of carboxylic acids is 1. The first-order chi connectivity index (χ1) is 8.66. The normalized spacial score (nSPS) is 12.6. The fourth-order valence-electron chi connectivity index (χ4n) is 1.97. The third-order valence-electron chi connectivity index (χ3n) is 3.11. The molecule has 0 heterocycles. The lowest BCUT2D eigenvalue weighted by atomic mass is 10.0. The Morgan fingerprint density at radius 2 is 1.33 bits per heavy atom. The van der Waals surface area contributed by atoms with Crippen molar-refractivity contribution >= 4 is 5.97 Å². The zero-order valence-corrected chi connectivity index (χ0v) is 11.2. The molecule has 0 bridgehead atoms. The summed E-state index contributed by atoms with van der Waals surface area (Å²) in [4.78, 5) is 10.3. The van der Waals surface area contributed by atoms with E-state index in [1.807, 2.05) is 0 Å². The lowest BCUT2D eigenvalue weighted by Gasteiger charge is -2.05. The second-order valence-corrected chi connectivity index (χ2v) is 4.92. The van der Waals surface area contributed by atoms with Crippen molar-refractivity contribution in [2.45, 2.75) is 76.7 Å². The molecule has 0 amide bonds. The second-order valence-electron chi connectivity index (χ2n) is 4.92. The van der Waals surface area contributed by atoms with Crippen LogP contribution in [-0.2, 0) is 4.79 Å². The van der Waals surface area contributed by atoms with E-state index in [1.165, 1.54) is 19.3 Å². The highest BCUT2D eigenvalue weighted by Crippen LogP contribution is 2.12. The Morgan fingerprint density at radius 3 is 1.78 bits per heavy atom. The van der Waals surface area contributed by atoms with Crippen molar-refractivity contribution in [3.63, 3.8) is 0 Å². The Labute approximate surface area is 109 Å². The Kier molecular flexibility index (Phi) is 12.4. The minimum Gasteiger partial charge on any atom is -0.481 e. The van der Waals surface area contributed by atoms with Gasteiger partial charge in [-0.25, -0.2) is 4.39 Å². The monoisotopic (exact) mass is 262 g/mol. The maximum atomic E-state index is 11.9. The molecule has 0 fully saturated rings. The highest BCUT2D eigenvalue weighted by molar-refractivity contribution is 5.66. The summed E-state index contributed by atoms with van der Waals surface area (Å²) in [5.41, 5.74) is 0. The average molecular weight is 262 g/mol. The Balaban J connectivity index is 3.01. The summed E-state index contributed by atoms with van der Waals surface area (Å²) in [7, 11) is 0. The van der Waals surface area contributed by atoms with Crippen LogP contribution >= 0.6 is 0 Å². The maximum absolute atomic E-state index is 11.9. The van der Waals surface area contributed by atoms with Crippen molar-refractivity contribution in [2.75, 3.05) is 6.67 Å². The fourth-order valence-corrected chi connectivity index (χ4v) is 1.97. The van der Waals surface area contributed by atoms with Gasteiger partial charge < -0.3 is 10.2 Å². The molecule has 1 atom stereocenters. The average Bonchev–Trinajstić information content (AvgIpc) is 2.35. The summed E-state index contributed by atoms with van der Waals surface area (Å²) < 4.78 is 11.9. The molecule has 0 aliphatic carbocycles. The van der Waals surface area contributed by atoms with Gasteiger partial charge in [0.1, 0.15) is 6.67 Å². The predicted octanol–water partition coefficient (Wildman–Crippen LogP) is 3.69. The standard InChI is InChI=1S/C14H27FO3/c15-12-13(16)10-8-6-4-2-1-3-5-7-9-11-14(17)18/h13,16H,1-12H2,(H,17,18). The van der Waals surface area contributed by atoms with E-state index in [0.717, 1.165) is 38.5 Å². The van der Waals surface area contributed by atoms with Gasteiger partial charge in [0, 0.05) is 6.42 Å². The molecule has 0 rings (SSSR count). The van der Waals surface area contributed by atoms with Crippen LogP contribution in [0.3, 0.4) is 0 Å². The van der Waals surface area contributed by atoms with Crippen molar-refractivity contribution < 1.29 is 19.4 Å². The number of carbonyl (C=O) groups is 1.